The fourth-order valence-corrected chi connectivity index (χ4v) is 2.56. The van der Waals surface area contributed by atoms with E-state index < -0.39 is 0 Å². The zero-order valence-corrected chi connectivity index (χ0v) is 10.9. The zero-order chi connectivity index (χ0) is 13.1. The second-order valence-electron chi connectivity index (χ2n) is 4.86. The summed E-state index contributed by atoms with van der Waals surface area (Å²) in [5.74, 6) is 0.887. The molecule has 1 aromatic heterocycles. The molecule has 6 nitrogen and oxygen atoms in total. The van der Waals surface area contributed by atoms with Crippen molar-refractivity contribution in [1.29, 1.82) is 0 Å². The van der Waals surface area contributed by atoms with E-state index in [0.717, 1.165) is 45.0 Å². The van der Waals surface area contributed by atoms with Gasteiger partial charge < -0.3 is 14.5 Å². The number of anilines is 1. The van der Waals surface area contributed by atoms with Crippen LogP contribution in [0, 0.1) is 0 Å². The Morgan fingerprint density at radius 1 is 1.21 bits per heavy atom. The number of ether oxygens (including phenoxy) is 1. The smallest absolute Gasteiger partial charge is 0.251 e. The topological polar surface area (TPSA) is 58.6 Å². The molecule has 0 saturated carbocycles. The standard InChI is InChI=1S/C13H18N4O2/c18-12(11-3-1-10-19-11)16-6-8-17(9-7-16)13-14-4-2-5-15-13/h2,4-5,11H,1,3,6-10H2/t11-/m1/s1. The number of piperazine rings is 1. The van der Waals surface area contributed by atoms with E-state index in [9.17, 15) is 4.79 Å². The van der Waals surface area contributed by atoms with Gasteiger partial charge in [-0.2, -0.15) is 0 Å². The first kappa shape index (κ1) is 12.3. The van der Waals surface area contributed by atoms with Crippen molar-refractivity contribution in [1.82, 2.24) is 14.9 Å². The van der Waals surface area contributed by atoms with E-state index in [1.165, 1.54) is 0 Å². The molecule has 0 unspecified atom stereocenters. The van der Waals surface area contributed by atoms with Gasteiger partial charge >= 0.3 is 0 Å². The molecule has 2 aliphatic rings. The second kappa shape index (κ2) is 5.52. The van der Waals surface area contributed by atoms with Crippen molar-refractivity contribution in [2.24, 2.45) is 0 Å². The molecule has 0 N–H and O–H groups in total. The molecule has 0 bridgehead atoms. The largest absolute Gasteiger partial charge is 0.368 e. The minimum atomic E-state index is -0.209. The lowest BCUT2D eigenvalue weighted by Gasteiger charge is -2.35. The first-order valence-corrected chi connectivity index (χ1v) is 6.77. The summed E-state index contributed by atoms with van der Waals surface area (Å²) in [7, 11) is 0. The number of carbonyl (C=O) groups excluding carboxylic acids is 1. The molecule has 19 heavy (non-hydrogen) atoms. The lowest BCUT2D eigenvalue weighted by molar-refractivity contribution is -0.141. The van der Waals surface area contributed by atoms with Crippen LogP contribution in [0.2, 0.25) is 0 Å². The van der Waals surface area contributed by atoms with Crippen LogP contribution in [0.4, 0.5) is 5.95 Å². The van der Waals surface area contributed by atoms with Crippen LogP contribution in [0.3, 0.4) is 0 Å². The van der Waals surface area contributed by atoms with Crippen LogP contribution in [-0.2, 0) is 9.53 Å². The summed E-state index contributed by atoms with van der Waals surface area (Å²) in [6, 6.07) is 1.81. The molecule has 0 aliphatic carbocycles. The highest BCUT2D eigenvalue weighted by atomic mass is 16.5. The Morgan fingerprint density at radius 3 is 2.58 bits per heavy atom. The molecule has 0 radical (unpaired) electrons. The van der Waals surface area contributed by atoms with Crippen LogP contribution in [-0.4, -0.2) is 59.7 Å². The fraction of sp³-hybridized carbons (Fsp3) is 0.615. The van der Waals surface area contributed by atoms with Gasteiger partial charge in [0.2, 0.25) is 5.95 Å². The van der Waals surface area contributed by atoms with Gasteiger partial charge in [0.05, 0.1) is 0 Å². The van der Waals surface area contributed by atoms with Crippen LogP contribution >= 0.6 is 0 Å². The van der Waals surface area contributed by atoms with E-state index in [2.05, 4.69) is 14.9 Å². The van der Waals surface area contributed by atoms with Crippen LogP contribution in [0.5, 0.6) is 0 Å². The van der Waals surface area contributed by atoms with Crippen molar-refractivity contribution in [3.05, 3.63) is 18.5 Å². The summed E-state index contributed by atoms with van der Waals surface area (Å²) in [5.41, 5.74) is 0. The lowest BCUT2D eigenvalue weighted by Crippen LogP contribution is -2.51. The Bertz CT molecular complexity index is 426. The molecule has 2 aliphatic heterocycles. The Morgan fingerprint density at radius 2 is 1.95 bits per heavy atom. The average Bonchev–Trinajstić information content (AvgIpc) is 3.02. The maximum absolute atomic E-state index is 12.2. The molecule has 0 aromatic carbocycles. The van der Waals surface area contributed by atoms with Crippen molar-refractivity contribution in [3.63, 3.8) is 0 Å². The number of rotatable bonds is 2. The Labute approximate surface area is 112 Å². The van der Waals surface area contributed by atoms with E-state index >= 15 is 0 Å². The molecule has 1 amide bonds. The third-order valence-electron chi connectivity index (χ3n) is 3.63. The van der Waals surface area contributed by atoms with E-state index in [1.54, 1.807) is 18.5 Å². The molecule has 2 saturated heterocycles. The predicted molar refractivity (Wildman–Crippen MR) is 69.8 cm³/mol. The van der Waals surface area contributed by atoms with Crippen molar-refractivity contribution in [2.45, 2.75) is 18.9 Å². The minimum absolute atomic E-state index is 0.145. The molecule has 3 heterocycles. The second-order valence-corrected chi connectivity index (χ2v) is 4.86. The van der Waals surface area contributed by atoms with Crippen LogP contribution in [0.1, 0.15) is 12.8 Å². The first-order chi connectivity index (χ1) is 9.34. The summed E-state index contributed by atoms with van der Waals surface area (Å²) < 4.78 is 5.45. The average molecular weight is 262 g/mol. The van der Waals surface area contributed by atoms with Gasteiger partial charge in [0.1, 0.15) is 6.10 Å². The van der Waals surface area contributed by atoms with Crippen molar-refractivity contribution in [2.75, 3.05) is 37.7 Å². The summed E-state index contributed by atoms with van der Waals surface area (Å²) >= 11 is 0. The van der Waals surface area contributed by atoms with Crippen molar-refractivity contribution in [3.8, 4) is 0 Å². The lowest BCUT2D eigenvalue weighted by atomic mass is 10.2. The van der Waals surface area contributed by atoms with Crippen LogP contribution in [0.25, 0.3) is 0 Å². The number of hydrogen-bond acceptors (Lipinski definition) is 5. The van der Waals surface area contributed by atoms with Gasteiger partial charge in [-0.1, -0.05) is 0 Å². The van der Waals surface area contributed by atoms with Crippen molar-refractivity contribution < 1.29 is 9.53 Å². The van der Waals surface area contributed by atoms with Gasteiger partial charge in [-0.05, 0) is 18.9 Å². The van der Waals surface area contributed by atoms with E-state index in [4.69, 9.17) is 4.74 Å². The maximum Gasteiger partial charge on any atom is 0.251 e. The van der Waals surface area contributed by atoms with Crippen LogP contribution < -0.4 is 4.90 Å². The Kier molecular flexibility index (Phi) is 3.59. The normalized spacial score (nSPS) is 23.7. The summed E-state index contributed by atoms with van der Waals surface area (Å²) in [6.07, 6.45) is 5.13. The third-order valence-corrected chi connectivity index (χ3v) is 3.63. The monoisotopic (exact) mass is 262 g/mol. The molecule has 3 rings (SSSR count). The van der Waals surface area contributed by atoms with Gasteiger partial charge in [-0.15, -0.1) is 0 Å². The summed E-state index contributed by atoms with van der Waals surface area (Å²) in [5, 5.41) is 0. The van der Waals surface area contributed by atoms with Crippen LogP contribution in [0.15, 0.2) is 18.5 Å². The highest BCUT2D eigenvalue weighted by Gasteiger charge is 2.30. The zero-order valence-electron chi connectivity index (χ0n) is 10.9. The third kappa shape index (κ3) is 2.68. The minimum Gasteiger partial charge on any atom is -0.368 e. The predicted octanol–water partition coefficient (Wildman–Crippen LogP) is 0.304. The Balaban J connectivity index is 1.56. The van der Waals surface area contributed by atoms with E-state index in [0.29, 0.717) is 6.61 Å². The molecule has 1 atom stereocenters. The number of amides is 1. The Hall–Kier alpha value is -1.69. The van der Waals surface area contributed by atoms with Gasteiger partial charge in [0.15, 0.2) is 0 Å². The SMILES string of the molecule is O=C([C@H]1CCCO1)N1CCN(c2ncccn2)CC1. The quantitative estimate of drug-likeness (QED) is 0.767. The first-order valence-electron chi connectivity index (χ1n) is 6.77. The van der Waals surface area contributed by atoms with Gasteiger partial charge in [-0.25, -0.2) is 9.97 Å². The molecule has 102 valence electrons. The molecule has 2 fully saturated rings. The molecule has 6 heteroatoms. The van der Waals surface area contributed by atoms with Crippen molar-refractivity contribution >= 4 is 11.9 Å². The molecular weight excluding hydrogens is 244 g/mol. The summed E-state index contributed by atoms with van der Waals surface area (Å²) in [6.45, 7) is 3.72. The maximum atomic E-state index is 12.2. The number of aromatic nitrogens is 2. The van der Waals surface area contributed by atoms with Gasteiger partial charge in [0, 0.05) is 45.2 Å². The highest BCUT2D eigenvalue weighted by molar-refractivity contribution is 5.81. The number of carbonyl (C=O) groups is 1. The molecular formula is C13H18N4O2. The number of hydrogen-bond donors (Lipinski definition) is 0. The number of nitrogens with zero attached hydrogens (tertiary/aromatic N) is 4. The van der Waals surface area contributed by atoms with E-state index in [-0.39, 0.29) is 12.0 Å². The fourth-order valence-electron chi connectivity index (χ4n) is 2.56. The highest BCUT2D eigenvalue weighted by Crippen LogP contribution is 2.17. The van der Waals surface area contributed by atoms with Gasteiger partial charge in [0.25, 0.3) is 5.91 Å². The van der Waals surface area contributed by atoms with Gasteiger partial charge in [-0.3, -0.25) is 4.79 Å². The van der Waals surface area contributed by atoms with E-state index in [1.807, 2.05) is 4.90 Å². The molecule has 1 aromatic rings. The molecule has 0 spiro atoms. The summed E-state index contributed by atoms with van der Waals surface area (Å²) in [4.78, 5) is 24.7.